The van der Waals surface area contributed by atoms with E-state index < -0.39 is 11.9 Å². The highest BCUT2D eigenvalue weighted by atomic mass is 19.1. The van der Waals surface area contributed by atoms with Crippen molar-refractivity contribution in [2.24, 2.45) is 0 Å². The molecule has 1 aromatic carbocycles. The molecule has 0 N–H and O–H groups in total. The van der Waals surface area contributed by atoms with Gasteiger partial charge in [0.2, 0.25) is 0 Å². The Morgan fingerprint density at radius 2 is 2.12 bits per heavy atom. The zero-order valence-electron chi connectivity index (χ0n) is 9.98. The smallest absolute Gasteiger partial charge is 0.409 e. The van der Waals surface area contributed by atoms with Crippen LogP contribution in [0.15, 0.2) is 24.3 Å². The molecule has 0 radical (unpaired) electrons. The number of carbonyl (C=O) groups excluding carboxylic acids is 1. The molecule has 0 aliphatic rings. The van der Waals surface area contributed by atoms with Gasteiger partial charge >= 0.3 is 6.09 Å². The van der Waals surface area contributed by atoms with E-state index in [9.17, 15) is 9.18 Å². The van der Waals surface area contributed by atoms with Gasteiger partial charge in [-0.2, -0.15) is 0 Å². The zero-order valence-corrected chi connectivity index (χ0v) is 9.98. The van der Waals surface area contributed by atoms with Crippen molar-refractivity contribution in [3.05, 3.63) is 30.1 Å². The van der Waals surface area contributed by atoms with Gasteiger partial charge in [0.25, 0.3) is 0 Å². The molecule has 4 nitrogen and oxygen atoms in total. The Morgan fingerprint density at radius 3 is 2.76 bits per heavy atom. The average molecular weight is 241 g/mol. The summed E-state index contributed by atoms with van der Waals surface area (Å²) in [4.78, 5) is 12.6. The summed E-state index contributed by atoms with van der Waals surface area (Å²) >= 11 is 0. The summed E-state index contributed by atoms with van der Waals surface area (Å²) in [6.07, 6.45) is -0.412. The molecular weight excluding hydrogens is 225 g/mol. The van der Waals surface area contributed by atoms with Crippen LogP contribution >= 0.6 is 0 Å². The maximum absolute atomic E-state index is 13.2. The molecule has 0 fully saturated rings. The van der Waals surface area contributed by atoms with Crippen LogP contribution in [0.1, 0.15) is 6.92 Å². The van der Waals surface area contributed by atoms with Gasteiger partial charge < -0.3 is 14.4 Å². The predicted molar refractivity (Wildman–Crippen MR) is 61.5 cm³/mol. The minimum atomic E-state index is -0.412. The molecular formula is C12H16FNO3. The zero-order chi connectivity index (χ0) is 12.7. The van der Waals surface area contributed by atoms with Crippen molar-refractivity contribution < 1.29 is 18.7 Å². The van der Waals surface area contributed by atoms with Crippen molar-refractivity contribution >= 4 is 6.09 Å². The SMILES string of the molecule is CCOC(=O)N(C)CCOc1ccccc1F. The second-order valence-corrected chi connectivity index (χ2v) is 3.40. The molecule has 1 aromatic rings. The molecule has 0 saturated carbocycles. The largest absolute Gasteiger partial charge is 0.489 e. The molecule has 0 saturated heterocycles. The standard InChI is InChI=1S/C12H16FNO3/c1-3-16-12(15)14(2)8-9-17-11-7-5-4-6-10(11)13/h4-7H,3,8-9H2,1-2H3. The highest BCUT2D eigenvalue weighted by Gasteiger charge is 2.09. The first-order valence-corrected chi connectivity index (χ1v) is 5.40. The molecule has 17 heavy (non-hydrogen) atoms. The third-order valence-corrected chi connectivity index (χ3v) is 2.10. The summed E-state index contributed by atoms with van der Waals surface area (Å²) < 4.78 is 23.2. The van der Waals surface area contributed by atoms with Gasteiger partial charge in [0, 0.05) is 7.05 Å². The molecule has 0 unspecified atom stereocenters. The Hall–Kier alpha value is -1.78. The lowest BCUT2D eigenvalue weighted by Gasteiger charge is -2.16. The van der Waals surface area contributed by atoms with Crippen LogP contribution in [0.2, 0.25) is 0 Å². The normalized spacial score (nSPS) is 9.82. The number of rotatable bonds is 5. The maximum Gasteiger partial charge on any atom is 0.409 e. The molecule has 5 heteroatoms. The van der Waals surface area contributed by atoms with Crippen LogP contribution in [0.5, 0.6) is 5.75 Å². The van der Waals surface area contributed by atoms with Gasteiger partial charge in [-0.25, -0.2) is 9.18 Å². The van der Waals surface area contributed by atoms with Gasteiger partial charge in [0.05, 0.1) is 13.2 Å². The van der Waals surface area contributed by atoms with Crippen LogP contribution in [0, 0.1) is 5.82 Å². The van der Waals surface area contributed by atoms with Gasteiger partial charge in [-0.3, -0.25) is 0 Å². The highest BCUT2D eigenvalue weighted by Crippen LogP contribution is 2.14. The van der Waals surface area contributed by atoms with Crippen LogP contribution in [0.4, 0.5) is 9.18 Å². The number of amides is 1. The number of para-hydroxylation sites is 1. The van der Waals surface area contributed by atoms with Gasteiger partial charge in [-0.15, -0.1) is 0 Å². The maximum atomic E-state index is 13.2. The lowest BCUT2D eigenvalue weighted by molar-refractivity contribution is 0.110. The van der Waals surface area contributed by atoms with E-state index >= 15 is 0 Å². The quantitative estimate of drug-likeness (QED) is 0.794. The van der Waals surface area contributed by atoms with Crippen molar-refractivity contribution in [2.45, 2.75) is 6.92 Å². The lowest BCUT2D eigenvalue weighted by Crippen LogP contribution is -2.31. The summed E-state index contributed by atoms with van der Waals surface area (Å²) in [6.45, 7) is 2.63. The van der Waals surface area contributed by atoms with Crippen LogP contribution < -0.4 is 4.74 Å². The van der Waals surface area contributed by atoms with Crippen molar-refractivity contribution in [2.75, 3.05) is 26.8 Å². The number of ether oxygens (including phenoxy) is 2. The first-order valence-electron chi connectivity index (χ1n) is 5.40. The Morgan fingerprint density at radius 1 is 1.41 bits per heavy atom. The molecule has 94 valence electrons. The van der Waals surface area contributed by atoms with Crippen molar-refractivity contribution in [3.63, 3.8) is 0 Å². The van der Waals surface area contributed by atoms with Crippen molar-refractivity contribution in [1.29, 1.82) is 0 Å². The third kappa shape index (κ3) is 4.30. The number of benzene rings is 1. The summed E-state index contributed by atoms with van der Waals surface area (Å²) in [5.41, 5.74) is 0. The number of hydrogen-bond donors (Lipinski definition) is 0. The number of halogens is 1. The molecule has 0 aromatic heterocycles. The van der Waals surface area contributed by atoms with Gasteiger partial charge in [-0.05, 0) is 19.1 Å². The number of carbonyl (C=O) groups is 1. The van der Waals surface area contributed by atoms with Crippen LogP contribution in [0.25, 0.3) is 0 Å². The fraction of sp³-hybridized carbons (Fsp3) is 0.417. The number of hydrogen-bond acceptors (Lipinski definition) is 3. The Kier molecular flexibility index (Phi) is 5.26. The van der Waals surface area contributed by atoms with Crippen LogP contribution in [-0.2, 0) is 4.74 Å². The van der Waals surface area contributed by atoms with Crippen LogP contribution in [-0.4, -0.2) is 37.8 Å². The van der Waals surface area contributed by atoms with E-state index in [0.717, 1.165) is 0 Å². The highest BCUT2D eigenvalue weighted by molar-refractivity contribution is 5.67. The second-order valence-electron chi connectivity index (χ2n) is 3.40. The van der Waals surface area contributed by atoms with Crippen LogP contribution in [0.3, 0.4) is 0 Å². The minimum absolute atomic E-state index is 0.185. The fourth-order valence-electron chi connectivity index (χ4n) is 1.18. The molecule has 0 aliphatic heterocycles. The molecule has 1 amide bonds. The Balaban J connectivity index is 2.33. The van der Waals surface area contributed by atoms with Crippen molar-refractivity contribution in [3.8, 4) is 5.75 Å². The topological polar surface area (TPSA) is 38.8 Å². The minimum Gasteiger partial charge on any atom is -0.489 e. The third-order valence-electron chi connectivity index (χ3n) is 2.10. The molecule has 0 spiro atoms. The van der Waals surface area contributed by atoms with E-state index in [1.54, 1.807) is 32.2 Å². The molecule has 0 aliphatic carbocycles. The number of nitrogens with zero attached hydrogens (tertiary/aromatic N) is 1. The molecule has 0 bridgehead atoms. The van der Waals surface area contributed by atoms with E-state index in [-0.39, 0.29) is 12.4 Å². The number of likely N-dealkylation sites (N-methyl/N-ethyl adjacent to an activating group) is 1. The lowest BCUT2D eigenvalue weighted by atomic mass is 10.3. The Labute approximate surface area is 99.9 Å². The van der Waals surface area contributed by atoms with Gasteiger partial charge in [0.15, 0.2) is 11.6 Å². The Bertz CT molecular complexity index is 371. The first kappa shape index (κ1) is 13.3. The summed E-state index contributed by atoms with van der Waals surface area (Å²) in [6, 6.07) is 6.14. The van der Waals surface area contributed by atoms with Gasteiger partial charge in [0.1, 0.15) is 6.61 Å². The van der Waals surface area contributed by atoms with Crippen molar-refractivity contribution in [1.82, 2.24) is 4.90 Å². The van der Waals surface area contributed by atoms with E-state index in [0.29, 0.717) is 13.2 Å². The van der Waals surface area contributed by atoms with E-state index in [1.165, 1.54) is 11.0 Å². The summed E-state index contributed by atoms with van der Waals surface area (Å²) in [5.74, 6) is -0.226. The summed E-state index contributed by atoms with van der Waals surface area (Å²) in [7, 11) is 1.60. The van der Waals surface area contributed by atoms with Gasteiger partial charge in [-0.1, -0.05) is 12.1 Å². The predicted octanol–water partition coefficient (Wildman–Crippen LogP) is 2.29. The fourth-order valence-corrected chi connectivity index (χ4v) is 1.18. The first-order chi connectivity index (χ1) is 8.15. The molecule has 0 heterocycles. The van der Waals surface area contributed by atoms with E-state index in [1.807, 2.05) is 0 Å². The monoisotopic (exact) mass is 241 g/mol. The van der Waals surface area contributed by atoms with E-state index in [2.05, 4.69) is 0 Å². The average Bonchev–Trinajstić information content (AvgIpc) is 2.31. The van der Waals surface area contributed by atoms with E-state index in [4.69, 9.17) is 9.47 Å². The molecule has 1 rings (SSSR count). The second kappa shape index (κ2) is 6.73. The molecule has 0 atom stereocenters. The summed E-state index contributed by atoms with van der Waals surface area (Å²) in [5, 5.41) is 0.